The molecule has 0 aliphatic rings. The van der Waals surface area contributed by atoms with Gasteiger partial charge in [0.05, 0.1) is 10.5 Å². The molecule has 0 saturated heterocycles. The predicted molar refractivity (Wildman–Crippen MR) is 63.5 cm³/mol. The van der Waals surface area contributed by atoms with Crippen molar-refractivity contribution >= 4 is 29.2 Å². The molecule has 0 unspecified atom stereocenters. The molecular weight excluding hydrogens is 192 g/mol. The lowest BCUT2D eigenvalue weighted by molar-refractivity contribution is 1.40. The number of hydrogen-bond acceptors (Lipinski definition) is 3. The molecule has 2 aromatic rings. The molecule has 0 radical (unpaired) electrons. The Bertz CT molecular complexity index is 474. The van der Waals surface area contributed by atoms with Crippen molar-refractivity contribution in [2.75, 3.05) is 5.32 Å². The van der Waals surface area contributed by atoms with Crippen LogP contribution in [0.3, 0.4) is 0 Å². The summed E-state index contributed by atoms with van der Waals surface area (Å²) in [6.45, 7) is 3.69. The fourth-order valence-corrected chi connectivity index (χ4v) is 1.48. The molecule has 1 aromatic heterocycles. The Hall–Kier alpha value is -1.48. The van der Waals surface area contributed by atoms with Gasteiger partial charge in [0.1, 0.15) is 0 Å². The van der Waals surface area contributed by atoms with Crippen molar-refractivity contribution < 1.29 is 0 Å². The first kappa shape index (κ1) is 9.09. The first-order valence-corrected chi connectivity index (χ1v) is 4.71. The van der Waals surface area contributed by atoms with Crippen LogP contribution in [0.15, 0.2) is 48.1 Å². The van der Waals surface area contributed by atoms with Gasteiger partial charge in [-0.15, -0.1) is 12.6 Å². The van der Waals surface area contributed by atoms with Crippen LogP contribution in [0.4, 0.5) is 5.69 Å². The number of anilines is 1. The van der Waals surface area contributed by atoms with Gasteiger partial charge in [0.25, 0.3) is 0 Å². The monoisotopic (exact) mass is 202 g/mol. The summed E-state index contributed by atoms with van der Waals surface area (Å²) in [4.78, 5) is 4.25. The van der Waals surface area contributed by atoms with Gasteiger partial charge in [0, 0.05) is 17.3 Å². The van der Waals surface area contributed by atoms with E-state index in [4.69, 9.17) is 0 Å². The van der Waals surface area contributed by atoms with Crippen molar-refractivity contribution in [3.8, 4) is 0 Å². The van der Waals surface area contributed by atoms with Gasteiger partial charge in [-0.25, -0.2) is 0 Å². The fourth-order valence-electron chi connectivity index (χ4n) is 1.36. The number of para-hydroxylation sites is 1. The zero-order valence-corrected chi connectivity index (χ0v) is 8.46. The quantitative estimate of drug-likeness (QED) is 0.732. The van der Waals surface area contributed by atoms with Crippen LogP contribution in [0.25, 0.3) is 10.9 Å². The van der Waals surface area contributed by atoms with Crippen molar-refractivity contribution in [2.24, 2.45) is 0 Å². The minimum absolute atomic E-state index is 0.626. The Morgan fingerprint density at radius 3 is 2.86 bits per heavy atom. The maximum Gasteiger partial charge on any atom is 0.0722 e. The van der Waals surface area contributed by atoms with Crippen LogP contribution in [0, 0.1) is 0 Å². The second-order valence-corrected chi connectivity index (χ2v) is 3.49. The summed E-state index contributed by atoms with van der Waals surface area (Å²) in [5, 5.41) is 4.78. The summed E-state index contributed by atoms with van der Waals surface area (Å²) in [5.41, 5.74) is 1.95. The van der Waals surface area contributed by atoms with Gasteiger partial charge in [-0.05, 0) is 12.1 Å². The zero-order chi connectivity index (χ0) is 9.97. The van der Waals surface area contributed by atoms with Gasteiger partial charge in [-0.2, -0.15) is 0 Å². The molecule has 0 spiro atoms. The van der Waals surface area contributed by atoms with Crippen molar-refractivity contribution in [3.05, 3.63) is 48.1 Å². The summed E-state index contributed by atoms with van der Waals surface area (Å²) in [7, 11) is 0. The van der Waals surface area contributed by atoms with Crippen molar-refractivity contribution in [1.82, 2.24) is 4.98 Å². The van der Waals surface area contributed by atoms with E-state index in [1.54, 1.807) is 6.20 Å². The molecule has 0 atom stereocenters. The van der Waals surface area contributed by atoms with E-state index in [0.29, 0.717) is 5.03 Å². The molecular formula is C11H10N2S. The number of benzene rings is 1. The molecule has 2 rings (SSSR count). The third-order valence-electron chi connectivity index (χ3n) is 1.93. The van der Waals surface area contributed by atoms with E-state index in [1.165, 1.54) is 0 Å². The minimum atomic E-state index is 0.626. The topological polar surface area (TPSA) is 24.9 Å². The summed E-state index contributed by atoms with van der Waals surface area (Å²) < 4.78 is 0. The molecule has 0 saturated carbocycles. The van der Waals surface area contributed by atoms with Crippen LogP contribution in [-0.2, 0) is 0 Å². The highest BCUT2D eigenvalue weighted by atomic mass is 32.1. The van der Waals surface area contributed by atoms with Crippen molar-refractivity contribution in [2.45, 2.75) is 0 Å². The van der Waals surface area contributed by atoms with Gasteiger partial charge in [0.15, 0.2) is 0 Å². The molecule has 0 aliphatic carbocycles. The number of rotatable bonds is 2. The van der Waals surface area contributed by atoms with Gasteiger partial charge < -0.3 is 5.32 Å². The molecule has 3 heteroatoms. The average molecular weight is 202 g/mol. The van der Waals surface area contributed by atoms with Crippen LogP contribution >= 0.6 is 12.6 Å². The molecule has 2 nitrogen and oxygen atoms in total. The summed E-state index contributed by atoms with van der Waals surface area (Å²) in [5.74, 6) is 0. The number of nitrogens with one attached hydrogen (secondary N) is 1. The molecule has 14 heavy (non-hydrogen) atoms. The zero-order valence-electron chi connectivity index (χ0n) is 7.57. The number of pyridine rings is 1. The number of thiol groups is 1. The first-order chi connectivity index (χ1) is 6.77. The lowest BCUT2D eigenvalue weighted by Crippen LogP contribution is -1.93. The van der Waals surface area contributed by atoms with Crippen LogP contribution < -0.4 is 5.32 Å². The SMILES string of the molecule is C=C(S)Nc1ccnc2ccccc12. The van der Waals surface area contributed by atoms with E-state index in [9.17, 15) is 0 Å². The van der Waals surface area contributed by atoms with Crippen molar-refractivity contribution in [1.29, 1.82) is 0 Å². The fraction of sp³-hybridized carbons (Fsp3) is 0. The summed E-state index contributed by atoms with van der Waals surface area (Å²) >= 11 is 4.11. The van der Waals surface area contributed by atoms with E-state index in [-0.39, 0.29) is 0 Å². The van der Waals surface area contributed by atoms with Gasteiger partial charge >= 0.3 is 0 Å². The standard InChI is InChI=1S/C11H10N2S/c1-8(14)13-11-6-7-12-10-5-3-2-4-9(10)11/h2-7,14H,1H2,(H,12,13). The largest absolute Gasteiger partial charge is 0.350 e. The molecule has 70 valence electrons. The second kappa shape index (κ2) is 3.72. The van der Waals surface area contributed by atoms with Crippen LogP contribution in [0.2, 0.25) is 0 Å². The number of hydrogen-bond donors (Lipinski definition) is 2. The van der Waals surface area contributed by atoms with E-state index in [1.807, 2.05) is 30.3 Å². The smallest absolute Gasteiger partial charge is 0.0722 e. The highest BCUT2D eigenvalue weighted by molar-refractivity contribution is 7.84. The molecule has 1 aromatic carbocycles. The average Bonchev–Trinajstić information content (AvgIpc) is 2.18. The lowest BCUT2D eigenvalue weighted by atomic mass is 10.2. The Kier molecular flexibility index (Phi) is 2.41. The van der Waals surface area contributed by atoms with Crippen LogP contribution in [-0.4, -0.2) is 4.98 Å². The lowest BCUT2D eigenvalue weighted by Gasteiger charge is -2.07. The number of aromatic nitrogens is 1. The third-order valence-corrected chi connectivity index (χ3v) is 2.04. The Labute approximate surface area is 88.1 Å². The van der Waals surface area contributed by atoms with E-state index in [2.05, 4.69) is 29.5 Å². The second-order valence-electron chi connectivity index (χ2n) is 2.95. The molecule has 0 fully saturated rings. The van der Waals surface area contributed by atoms with Gasteiger partial charge in [-0.3, -0.25) is 4.98 Å². The van der Waals surface area contributed by atoms with Crippen LogP contribution in [0.5, 0.6) is 0 Å². The first-order valence-electron chi connectivity index (χ1n) is 4.26. The van der Waals surface area contributed by atoms with Crippen molar-refractivity contribution in [3.63, 3.8) is 0 Å². The Morgan fingerprint density at radius 2 is 2.07 bits per heavy atom. The van der Waals surface area contributed by atoms with E-state index < -0.39 is 0 Å². The minimum Gasteiger partial charge on any atom is -0.350 e. The van der Waals surface area contributed by atoms with Gasteiger partial charge in [0.2, 0.25) is 0 Å². The van der Waals surface area contributed by atoms with E-state index in [0.717, 1.165) is 16.6 Å². The maximum atomic E-state index is 4.25. The highest BCUT2D eigenvalue weighted by Gasteiger charge is 1.99. The maximum absolute atomic E-state index is 4.25. The van der Waals surface area contributed by atoms with Gasteiger partial charge in [-0.1, -0.05) is 24.8 Å². The summed E-state index contributed by atoms with van der Waals surface area (Å²) in [6, 6.07) is 9.85. The molecule has 1 N–H and O–H groups in total. The Balaban J connectivity index is 2.59. The predicted octanol–water partition coefficient (Wildman–Crippen LogP) is 3.05. The molecule has 0 amide bonds. The normalized spacial score (nSPS) is 10.1. The third kappa shape index (κ3) is 1.72. The number of fused-ring (bicyclic) bond motifs is 1. The number of nitrogens with zero attached hydrogens (tertiary/aromatic N) is 1. The highest BCUT2D eigenvalue weighted by Crippen LogP contribution is 2.22. The summed E-state index contributed by atoms with van der Waals surface area (Å²) in [6.07, 6.45) is 1.77. The molecule has 0 aliphatic heterocycles. The van der Waals surface area contributed by atoms with Crippen LogP contribution in [0.1, 0.15) is 0 Å². The Morgan fingerprint density at radius 1 is 1.29 bits per heavy atom. The molecule has 0 bridgehead atoms. The van der Waals surface area contributed by atoms with E-state index >= 15 is 0 Å². The molecule has 1 heterocycles.